The van der Waals surface area contributed by atoms with Crippen LogP contribution in [0.3, 0.4) is 0 Å². The number of hydrogen-bond donors (Lipinski definition) is 3. The average Bonchev–Trinajstić information content (AvgIpc) is 3.03. The zero-order chi connectivity index (χ0) is 19.7. The zero-order valence-electron chi connectivity index (χ0n) is 16.2. The quantitative estimate of drug-likeness (QED) is 0.717. The van der Waals surface area contributed by atoms with Crippen LogP contribution in [0, 0.1) is 0 Å². The highest BCUT2D eigenvalue weighted by Crippen LogP contribution is 2.43. The lowest BCUT2D eigenvalue weighted by Crippen LogP contribution is -2.20. The van der Waals surface area contributed by atoms with Crippen molar-refractivity contribution in [1.29, 1.82) is 0 Å². The minimum Gasteiger partial charge on any atom is -0.404 e. The molecule has 0 fully saturated rings. The number of nitrogens with zero attached hydrogens (tertiary/aromatic N) is 2. The van der Waals surface area contributed by atoms with Gasteiger partial charge in [-0.3, -0.25) is 9.79 Å². The number of benzene rings is 2. The molecule has 0 bridgehead atoms. The van der Waals surface area contributed by atoms with E-state index in [-0.39, 0.29) is 11.9 Å². The summed E-state index contributed by atoms with van der Waals surface area (Å²) in [7, 11) is 1.74. The van der Waals surface area contributed by atoms with E-state index in [1.807, 2.05) is 19.1 Å². The van der Waals surface area contributed by atoms with Crippen molar-refractivity contribution >= 4 is 40.4 Å². The summed E-state index contributed by atoms with van der Waals surface area (Å²) < 4.78 is 0. The Morgan fingerprint density at radius 2 is 2.14 bits per heavy atom. The summed E-state index contributed by atoms with van der Waals surface area (Å²) in [5.41, 5.74) is 13.1. The second kappa shape index (κ2) is 7.38. The maximum atomic E-state index is 12.1. The Hall–Kier alpha value is -3.28. The number of anilines is 4. The van der Waals surface area contributed by atoms with E-state index in [1.54, 1.807) is 19.5 Å². The minimum atomic E-state index is 0.0426. The van der Waals surface area contributed by atoms with E-state index in [4.69, 9.17) is 5.73 Å². The molecule has 2 aliphatic rings. The van der Waals surface area contributed by atoms with Crippen LogP contribution in [0.25, 0.3) is 5.57 Å². The maximum absolute atomic E-state index is 12.1. The van der Waals surface area contributed by atoms with Gasteiger partial charge in [0.1, 0.15) is 0 Å². The molecule has 6 heteroatoms. The van der Waals surface area contributed by atoms with E-state index in [2.05, 4.69) is 44.8 Å². The Labute approximate surface area is 165 Å². The lowest BCUT2D eigenvalue weighted by Gasteiger charge is -2.25. The highest BCUT2D eigenvalue weighted by molar-refractivity contribution is 6.09. The van der Waals surface area contributed by atoms with Crippen molar-refractivity contribution in [2.75, 3.05) is 29.1 Å². The van der Waals surface area contributed by atoms with Crippen LogP contribution in [0.2, 0.25) is 0 Å². The Balaban J connectivity index is 1.73. The van der Waals surface area contributed by atoms with E-state index in [0.717, 1.165) is 41.2 Å². The zero-order valence-corrected chi connectivity index (χ0v) is 16.2. The summed E-state index contributed by atoms with van der Waals surface area (Å²) in [5, 5.41) is 6.54. The number of carbonyl (C=O) groups is 1. The van der Waals surface area contributed by atoms with Crippen LogP contribution in [0.15, 0.2) is 47.6 Å². The molecule has 0 saturated heterocycles. The van der Waals surface area contributed by atoms with Crippen molar-refractivity contribution in [3.05, 3.63) is 53.7 Å². The molecule has 2 aromatic carbocycles. The highest BCUT2D eigenvalue weighted by Gasteiger charge is 2.26. The average molecular weight is 375 g/mol. The third-order valence-corrected chi connectivity index (χ3v) is 5.25. The molecular formula is C22H25N5O. The first-order chi connectivity index (χ1) is 13.6. The van der Waals surface area contributed by atoms with Gasteiger partial charge >= 0.3 is 0 Å². The number of carbonyl (C=O) groups excluding carboxylic acids is 1. The first kappa shape index (κ1) is 18.1. The topological polar surface area (TPSA) is 82.8 Å². The lowest BCUT2D eigenvalue weighted by molar-refractivity contribution is -0.116. The number of amides is 1. The smallest absolute Gasteiger partial charge is 0.226 e. The molecule has 0 unspecified atom stereocenters. The Bertz CT molecular complexity index is 979. The van der Waals surface area contributed by atoms with Gasteiger partial charge in [0.15, 0.2) is 0 Å². The summed E-state index contributed by atoms with van der Waals surface area (Å²) in [4.78, 5) is 18.5. The molecule has 4 rings (SSSR count). The van der Waals surface area contributed by atoms with Crippen LogP contribution < -0.4 is 21.3 Å². The molecule has 0 aliphatic carbocycles. The van der Waals surface area contributed by atoms with Crippen molar-refractivity contribution in [3.63, 3.8) is 0 Å². The number of hydrogen-bond acceptors (Lipinski definition) is 5. The number of allylic oxidation sites excluding steroid dienone is 1. The largest absolute Gasteiger partial charge is 0.404 e. The van der Waals surface area contributed by atoms with Gasteiger partial charge in [-0.05, 0) is 48.7 Å². The fraction of sp³-hybridized carbons (Fsp3) is 0.273. The highest BCUT2D eigenvalue weighted by atomic mass is 16.1. The summed E-state index contributed by atoms with van der Waals surface area (Å²) in [5.74, 6) is 0.0426. The van der Waals surface area contributed by atoms with Crippen molar-refractivity contribution < 1.29 is 4.79 Å². The van der Waals surface area contributed by atoms with E-state index < -0.39 is 0 Å². The van der Waals surface area contributed by atoms with Crippen LogP contribution in [0.1, 0.15) is 24.5 Å². The van der Waals surface area contributed by atoms with Gasteiger partial charge in [0, 0.05) is 49.7 Å². The summed E-state index contributed by atoms with van der Waals surface area (Å²) >= 11 is 0. The fourth-order valence-corrected chi connectivity index (χ4v) is 3.98. The molecule has 4 N–H and O–H groups in total. The summed E-state index contributed by atoms with van der Waals surface area (Å²) in [6, 6.07) is 12.5. The molecule has 144 valence electrons. The maximum Gasteiger partial charge on any atom is 0.226 e. The Morgan fingerprint density at radius 3 is 2.93 bits per heavy atom. The van der Waals surface area contributed by atoms with Crippen molar-refractivity contribution in [1.82, 2.24) is 0 Å². The van der Waals surface area contributed by atoms with Gasteiger partial charge in [-0.25, -0.2) is 0 Å². The predicted octanol–water partition coefficient (Wildman–Crippen LogP) is 3.52. The molecule has 0 aromatic heterocycles. The standard InChI is InChI=1S/C22H25N5O/c1-14-10-21(28)26-18-4-3-5-20(22(18)25-14)27-9-8-16-11-15(6-7-19(16)27)17(12-23)13-24-2/h3-7,11-14,25H,8-10,23H2,1-2H3,(H,26,28)/b17-12+,24-13?/t14-/m1/s1. The van der Waals surface area contributed by atoms with Gasteiger partial charge in [-0.2, -0.15) is 0 Å². The predicted molar refractivity (Wildman–Crippen MR) is 117 cm³/mol. The van der Waals surface area contributed by atoms with Gasteiger partial charge in [0.2, 0.25) is 5.91 Å². The second-order valence-electron chi connectivity index (χ2n) is 7.25. The Morgan fingerprint density at radius 1 is 1.29 bits per heavy atom. The van der Waals surface area contributed by atoms with Gasteiger partial charge in [0.05, 0.1) is 17.1 Å². The summed E-state index contributed by atoms with van der Waals surface area (Å²) in [6.07, 6.45) is 4.78. The van der Waals surface area contributed by atoms with E-state index in [1.165, 1.54) is 11.3 Å². The molecule has 1 atom stereocenters. The Kier molecular flexibility index (Phi) is 4.77. The normalized spacial score (nSPS) is 19.1. The summed E-state index contributed by atoms with van der Waals surface area (Å²) in [6.45, 7) is 2.93. The van der Waals surface area contributed by atoms with Crippen LogP contribution in [-0.4, -0.2) is 31.8 Å². The van der Waals surface area contributed by atoms with Crippen LogP contribution in [0.5, 0.6) is 0 Å². The van der Waals surface area contributed by atoms with Crippen molar-refractivity contribution in [2.45, 2.75) is 25.8 Å². The van der Waals surface area contributed by atoms with Gasteiger partial charge in [-0.15, -0.1) is 0 Å². The number of aliphatic imine (C=N–C) groups is 1. The molecule has 28 heavy (non-hydrogen) atoms. The van der Waals surface area contributed by atoms with E-state index in [9.17, 15) is 4.79 Å². The van der Waals surface area contributed by atoms with Gasteiger partial charge in [0.25, 0.3) is 0 Å². The fourth-order valence-electron chi connectivity index (χ4n) is 3.98. The monoisotopic (exact) mass is 375 g/mol. The van der Waals surface area contributed by atoms with E-state index >= 15 is 0 Å². The number of para-hydroxylation sites is 1. The molecule has 2 aromatic rings. The van der Waals surface area contributed by atoms with Crippen LogP contribution >= 0.6 is 0 Å². The van der Waals surface area contributed by atoms with Crippen molar-refractivity contribution in [3.8, 4) is 0 Å². The third-order valence-electron chi connectivity index (χ3n) is 5.25. The number of rotatable bonds is 3. The van der Waals surface area contributed by atoms with Crippen LogP contribution in [-0.2, 0) is 11.2 Å². The lowest BCUT2D eigenvalue weighted by atomic mass is 10.0. The second-order valence-corrected chi connectivity index (χ2v) is 7.25. The molecular weight excluding hydrogens is 350 g/mol. The molecule has 2 heterocycles. The SMILES string of the molecule is CN=C/C(=C\N)c1ccc2c(c1)CCN2c1cccc2c1N[C@H](C)CC(=O)N2. The molecule has 0 saturated carbocycles. The van der Waals surface area contributed by atoms with Crippen LogP contribution in [0.4, 0.5) is 22.7 Å². The van der Waals surface area contributed by atoms with Gasteiger partial charge in [-0.1, -0.05) is 12.1 Å². The molecule has 0 spiro atoms. The number of nitrogens with one attached hydrogen (secondary N) is 2. The van der Waals surface area contributed by atoms with E-state index in [0.29, 0.717) is 6.42 Å². The molecule has 1 amide bonds. The van der Waals surface area contributed by atoms with Crippen molar-refractivity contribution in [2.24, 2.45) is 10.7 Å². The first-order valence-corrected chi connectivity index (χ1v) is 9.55. The molecule has 0 radical (unpaired) electrons. The minimum absolute atomic E-state index is 0.0426. The molecule has 2 aliphatic heterocycles. The molecule has 6 nitrogen and oxygen atoms in total. The van der Waals surface area contributed by atoms with Gasteiger partial charge < -0.3 is 21.3 Å². The third kappa shape index (κ3) is 3.22. The number of nitrogens with two attached hydrogens (primary N) is 1. The first-order valence-electron chi connectivity index (χ1n) is 9.55. The number of fused-ring (bicyclic) bond motifs is 2.